The number of hydrogen-bond donors (Lipinski definition) is 1. The minimum Gasteiger partial charge on any atom is -0.490 e. The molecule has 1 N–H and O–H groups in total. The Morgan fingerprint density at radius 3 is 2.69 bits per heavy atom. The highest BCUT2D eigenvalue weighted by Crippen LogP contribution is 2.28. The minimum atomic E-state index is -3.27. The maximum atomic E-state index is 12.7. The summed E-state index contributed by atoms with van der Waals surface area (Å²) in [5.41, 5.74) is -0.0474. The molecule has 0 aliphatic heterocycles. The Balaban J connectivity index is 1.48. The zero-order chi connectivity index (χ0) is 23.0. The number of ether oxygens (including phenoxy) is 2. The summed E-state index contributed by atoms with van der Waals surface area (Å²) in [4.78, 5) is 24.8. The fraction of sp³-hybridized carbons (Fsp3) is 0.565. The first-order valence-electron chi connectivity index (χ1n) is 11.2. The van der Waals surface area contributed by atoms with E-state index >= 15 is 0 Å². The lowest BCUT2D eigenvalue weighted by Crippen LogP contribution is -2.29. The molecule has 32 heavy (non-hydrogen) atoms. The first-order valence-corrected chi connectivity index (χ1v) is 13.0. The summed E-state index contributed by atoms with van der Waals surface area (Å²) < 4.78 is 38.0. The number of H-pyrrole nitrogens is 1. The molecular formula is C23H32N2O6S. The molecule has 1 fully saturated rings. The molecule has 1 aromatic heterocycles. The van der Waals surface area contributed by atoms with Gasteiger partial charge in [0.1, 0.15) is 12.5 Å². The van der Waals surface area contributed by atoms with Crippen LogP contribution in [0, 0.1) is 0 Å². The number of rotatable bonds is 12. The van der Waals surface area contributed by atoms with Crippen molar-refractivity contribution in [2.24, 2.45) is 0 Å². The van der Waals surface area contributed by atoms with Crippen molar-refractivity contribution in [1.29, 1.82) is 0 Å². The highest BCUT2D eigenvalue weighted by atomic mass is 32.2. The average Bonchev–Trinajstić information content (AvgIpc) is 3.26. The van der Waals surface area contributed by atoms with Crippen molar-refractivity contribution in [3.63, 3.8) is 0 Å². The summed E-state index contributed by atoms with van der Waals surface area (Å²) in [5.74, 6) is 0.821. The van der Waals surface area contributed by atoms with Gasteiger partial charge < -0.3 is 9.47 Å². The van der Waals surface area contributed by atoms with Gasteiger partial charge in [-0.2, -0.15) is 0 Å². The van der Waals surface area contributed by atoms with E-state index in [4.69, 9.17) is 9.47 Å². The summed E-state index contributed by atoms with van der Waals surface area (Å²) in [6.45, 7) is 2.16. The zero-order valence-electron chi connectivity index (χ0n) is 18.5. The number of nitrogens with zero attached hydrogens (tertiary/aromatic N) is 1. The number of sulfone groups is 1. The van der Waals surface area contributed by atoms with Gasteiger partial charge in [0.15, 0.2) is 9.84 Å². The molecule has 3 rings (SSSR count). The van der Waals surface area contributed by atoms with Gasteiger partial charge in [-0.05, 0) is 62.1 Å². The highest BCUT2D eigenvalue weighted by Gasteiger charge is 2.21. The lowest BCUT2D eigenvalue weighted by atomic mass is 9.98. The molecule has 1 saturated carbocycles. The van der Waals surface area contributed by atoms with Crippen LogP contribution in [-0.4, -0.2) is 42.2 Å². The van der Waals surface area contributed by atoms with Crippen LogP contribution >= 0.6 is 0 Å². The first kappa shape index (κ1) is 24.3. The van der Waals surface area contributed by atoms with Crippen molar-refractivity contribution in [2.45, 2.75) is 64.2 Å². The van der Waals surface area contributed by atoms with Crippen molar-refractivity contribution in [2.75, 3.05) is 18.1 Å². The summed E-state index contributed by atoms with van der Waals surface area (Å²) in [5, 5.41) is 0. The Bertz CT molecular complexity index is 1090. The molecule has 1 aromatic carbocycles. The van der Waals surface area contributed by atoms with Crippen molar-refractivity contribution in [1.82, 2.24) is 9.55 Å². The van der Waals surface area contributed by atoms with Gasteiger partial charge in [0.05, 0.1) is 17.6 Å². The van der Waals surface area contributed by atoms with E-state index in [9.17, 15) is 18.0 Å². The van der Waals surface area contributed by atoms with Gasteiger partial charge in [-0.25, -0.2) is 13.2 Å². The fourth-order valence-electron chi connectivity index (χ4n) is 3.97. The van der Waals surface area contributed by atoms with Crippen LogP contribution < -0.4 is 16.0 Å². The predicted octanol–water partition coefficient (Wildman–Crippen LogP) is 2.83. The zero-order valence-corrected chi connectivity index (χ0v) is 19.3. The maximum absolute atomic E-state index is 12.7. The number of aromatic nitrogens is 2. The second-order valence-corrected chi connectivity index (χ2v) is 10.5. The van der Waals surface area contributed by atoms with Crippen LogP contribution in [0.5, 0.6) is 5.75 Å². The van der Waals surface area contributed by atoms with Gasteiger partial charge in [0.25, 0.3) is 5.56 Å². The van der Waals surface area contributed by atoms with Gasteiger partial charge in [0.2, 0.25) is 0 Å². The van der Waals surface area contributed by atoms with E-state index < -0.39 is 21.1 Å². The van der Waals surface area contributed by atoms with E-state index in [1.54, 1.807) is 0 Å². The standard InChI is InChI=1S/C23H32N2O6S/c1-2-18(19-7-5-10-21(15-19)31-20-8-3-4-9-20)16-32(28,29)14-6-13-30-17-25-12-11-22(26)24-23(25)27/h5,7,10-12,15,18,20H,2-4,6,8-9,13-14,16-17H2,1H3,(H,24,26,27)/t18-/m0/s1. The number of nitrogens with one attached hydrogen (secondary N) is 1. The van der Waals surface area contributed by atoms with Crippen LogP contribution in [0.15, 0.2) is 46.1 Å². The fourth-order valence-corrected chi connectivity index (χ4v) is 5.74. The number of hydrogen-bond acceptors (Lipinski definition) is 6. The van der Waals surface area contributed by atoms with Gasteiger partial charge >= 0.3 is 5.69 Å². The van der Waals surface area contributed by atoms with E-state index in [1.807, 2.05) is 31.2 Å². The lowest BCUT2D eigenvalue weighted by molar-refractivity contribution is 0.0745. The van der Waals surface area contributed by atoms with Crippen molar-refractivity contribution < 1.29 is 17.9 Å². The Hall–Kier alpha value is -2.39. The molecule has 0 saturated heterocycles. The lowest BCUT2D eigenvalue weighted by Gasteiger charge is -2.18. The maximum Gasteiger partial charge on any atom is 0.330 e. The molecule has 0 unspecified atom stereocenters. The van der Waals surface area contributed by atoms with Gasteiger partial charge in [0, 0.05) is 18.9 Å². The summed E-state index contributed by atoms with van der Waals surface area (Å²) in [7, 11) is -3.27. The summed E-state index contributed by atoms with van der Waals surface area (Å²) in [6, 6.07) is 9.05. The molecule has 1 heterocycles. The van der Waals surface area contributed by atoms with Gasteiger partial charge in [-0.1, -0.05) is 19.1 Å². The molecule has 8 nitrogen and oxygen atoms in total. The smallest absolute Gasteiger partial charge is 0.330 e. The molecule has 0 radical (unpaired) electrons. The Morgan fingerprint density at radius 1 is 1.19 bits per heavy atom. The molecule has 0 spiro atoms. The third kappa shape index (κ3) is 7.34. The molecule has 176 valence electrons. The Kier molecular flexibility index (Phi) is 8.69. The van der Waals surface area contributed by atoms with Crippen molar-refractivity contribution >= 4 is 9.84 Å². The monoisotopic (exact) mass is 464 g/mol. The number of aromatic amines is 1. The summed E-state index contributed by atoms with van der Waals surface area (Å²) in [6.07, 6.45) is 7.22. The third-order valence-corrected chi connectivity index (χ3v) is 7.57. The molecule has 1 atom stereocenters. The normalized spacial score (nSPS) is 15.7. The van der Waals surface area contributed by atoms with Crippen LogP contribution in [0.1, 0.15) is 56.9 Å². The second kappa shape index (κ2) is 11.5. The Morgan fingerprint density at radius 2 is 1.97 bits per heavy atom. The minimum absolute atomic E-state index is 0.0162. The topological polar surface area (TPSA) is 107 Å². The second-order valence-electron chi connectivity index (χ2n) is 8.29. The Labute approximate surface area is 188 Å². The molecule has 2 aromatic rings. The number of benzene rings is 1. The van der Waals surface area contributed by atoms with Crippen LogP contribution in [0.25, 0.3) is 0 Å². The molecular weight excluding hydrogens is 432 g/mol. The van der Waals surface area contributed by atoms with Gasteiger partial charge in [-0.15, -0.1) is 0 Å². The van der Waals surface area contributed by atoms with E-state index in [2.05, 4.69) is 4.98 Å². The average molecular weight is 465 g/mol. The summed E-state index contributed by atoms with van der Waals surface area (Å²) >= 11 is 0. The molecule has 1 aliphatic carbocycles. The van der Waals surface area contributed by atoms with Gasteiger partial charge in [-0.3, -0.25) is 14.3 Å². The quantitative estimate of drug-likeness (QED) is 0.484. The molecule has 0 amide bonds. The van der Waals surface area contributed by atoms with Crippen molar-refractivity contribution in [3.8, 4) is 5.75 Å². The van der Waals surface area contributed by atoms with Crippen LogP contribution in [0.3, 0.4) is 0 Å². The van der Waals surface area contributed by atoms with Crippen LogP contribution in [0.4, 0.5) is 0 Å². The van der Waals surface area contributed by atoms with E-state index in [1.165, 1.54) is 29.7 Å². The molecule has 0 bridgehead atoms. The van der Waals surface area contributed by atoms with E-state index in [0.717, 1.165) is 30.6 Å². The highest BCUT2D eigenvalue weighted by molar-refractivity contribution is 7.91. The molecule has 1 aliphatic rings. The van der Waals surface area contributed by atoms with Crippen LogP contribution in [-0.2, 0) is 21.3 Å². The van der Waals surface area contributed by atoms with E-state index in [-0.39, 0.29) is 36.9 Å². The first-order chi connectivity index (χ1) is 15.4. The molecule has 9 heteroatoms. The van der Waals surface area contributed by atoms with E-state index in [0.29, 0.717) is 6.42 Å². The van der Waals surface area contributed by atoms with Crippen molar-refractivity contribution in [3.05, 3.63) is 62.9 Å². The van der Waals surface area contributed by atoms with Crippen LogP contribution in [0.2, 0.25) is 0 Å². The SMILES string of the molecule is CC[C@@H](CS(=O)(=O)CCCOCn1ccc(=O)[nH]c1=O)c1cccc(OC2CCCC2)c1. The predicted molar refractivity (Wildman–Crippen MR) is 123 cm³/mol. The largest absolute Gasteiger partial charge is 0.490 e. The third-order valence-electron chi connectivity index (χ3n) is 5.75.